The van der Waals surface area contributed by atoms with Gasteiger partial charge in [-0.2, -0.15) is 0 Å². The van der Waals surface area contributed by atoms with E-state index in [1.807, 2.05) is 42.6 Å². The fourth-order valence-corrected chi connectivity index (χ4v) is 2.39. The van der Waals surface area contributed by atoms with Crippen LogP contribution in [0, 0.1) is 0 Å². The van der Waals surface area contributed by atoms with Crippen LogP contribution in [0.25, 0.3) is 11.0 Å². The Labute approximate surface area is 118 Å². The van der Waals surface area contributed by atoms with Crippen molar-refractivity contribution >= 4 is 11.0 Å². The summed E-state index contributed by atoms with van der Waals surface area (Å²) < 4.78 is 5.88. The fourth-order valence-electron chi connectivity index (χ4n) is 2.39. The number of para-hydroxylation sites is 1. The molecule has 0 radical (unpaired) electrons. The number of aromatic nitrogens is 1. The van der Waals surface area contributed by atoms with Crippen LogP contribution in [0.15, 0.2) is 59.1 Å². The minimum Gasteiger partial charge on any atom is -0.459 e. The van der Waals surface area contributed by atoms with Gasteiger partial charge in [0, 0.05) is 17.6 Å². The van der Waals surface area contributed by atoms with Crippen molar-refractivity contribution in [2.45, 2.75) is 25.9 Å². The van der Waals surface area contributed by atoms with Gasteiger partial charge in [0.25, 0.3) is 0 Å². The monoisotopic (exact) mass is 266 g/mol. The number of pyridine rings is 1. The lowest BCUT2D eigenvalue weighted by Crippen LogP contribution is -2.22. The summed E-state index contributed by atoms with van der Waals surface area (Å²) >= 11 is 0. The lowest BCUT2D eigenvalue weighted by Gasteiger charge is -2.17. The summed E-state index contributed by atoms with van der Waals surface area (Å²) in [5, 5.41) is 4.66. The van der Waals surface area contributed by atoms with Gasteiger partial charge in [0.15, 0.2) is 0 Å². The molecule has 0 amide bonds. The van der Waals surface area contributed by atoms with Gasteiger partial charge in [-0.05, 0) is 38.1 Å². The molecule has 1 unspecified atom stereocenters. The van der Waals surface area contributed by atoms with Crippen LogP contribution in [0.3, 0.4) is 0 Å². The molecule has 0 saturated carbocycles. The van der Waals surface area contributed by atoms with Gasteiger partial charge >= 0.3 is 0 Å². The molecule has 3 heteroatoms. The van der Waals surface area contributed by atoms with Gasteiger partial charge in [-0.15, -0.1) is 0 Å². The first-order valence-electron chi connectivity index (χ1n) is 6.89. The number of furan rings is 1. The van der Waals surface area contributed by atoms with Crippen molar-refractivity contribution in [1.82, 2.24) is 10.3 Å². The minimum absolute atomic E-state index is 0.138. The highest BCUT2D eigenvalue weighted by molar-refractivity contribution is 5.77. The second kappa shape index (κ2) is 5.47. The smallest absolute Gasteiger partial charge is 0.134 e. The quantitative estimate of drug-likeness (QED) is 0.767. The fraction of sp³-hybridized carbons (Fsp3) is 0.235. The summed E-state index contributed by atoms with van der Waals surface area (Å²) in [5.41, 5.74) is 1.97. The maximum absolute atomic E-state index is 5.88. The molecule has 102 valence electrons. The van der Waals surface area contributed by atoms with Crippen molar-refractivity contribution in [1.29, 1.82) is 0 Å². The molecular weight excluding hydrogens is 248 g/mol. The Hall–Kier alpha value is -2.13. The van der Waals surface area contributed by atoms with Gasteiger partial charge in [0.2, 0.25) is 0 Å². The van der Waals surface area contributed by atoms with Crippen LogP contribution >= 0.6 is 0 Å². The summed E-state index contributed by atoms with van der Waals surface area (Å²) in [4.78, 5) is 4.38. The molecule has 20 heavy (non-hydrogen) atoms. The third-order valence-corrected chi connectivity index (χ3v) is 3.50. The number of nitrogens with zero attached hydrogens (tertiary/aromatic N) is 1. The average Bonchev–Trinajstić information content (AvgIpc) is 2.92. The first-order valence-corrected chi connectivity index (χ1v) is 6.89. The van der Waals surface area contributed by atoms with Gasteiger partial charge in [0.1, 0.15) is 11.3 Å². The summed E-state index contributed by atoms with van der Waals surface area (Å²) in [7, 11) is 0. The molecule has 0 aliphatic heterocycles. The summed E-state index contributed by atoms with van der Waals surface area (Å²) in [6.45, 7) is 4.22. The van der Waals surface area contributed by atoms with E-state index in [4.69, 9.17) is 4.42 Å². The first-order chi connectivity index (χ1) is 9.74. The highest BCUT2D eigenvalue weighted by Gasteiger charge is 2.15. The molecule has 0 aliphatic carbocycles. The van der Waals surface area contributed by atoms with Crippen molar-refractivity contribution < 1.29 is 4.42 Å². The molecule has 1 N–H and O–H groups in total. The minimum atomic E-state index is 0.138. The van der Waals surface area contributed by atoms with E-state index in [1.165, 1.54) is 0 Å². The van der Waals surface area contributed by atoms with Crippen LogP contribution < -0.4 is 5.32 Å². The zero-order chi connectivity index (χ0) is 13.9. The van der Waals surface area contributed by atoms with Crippen LogP contribution in [0.2, 0.25) is 0 Å². The molecule has 0 fully saturated rings. The number of hydrogen-bond donors (Lipinski definition) is 1. The Balaban J connectivity index is 1.77. The highest BCUT2D eigenvalue weighted by Crippen LogP contribution is 2.25. The Kier molecular flexibility index (Phi) is 3.52. The van der Waals surface area contributed by atoms with Crippen LogP contribution in [0.5, 0.6) is 0 Å². The number of hydrogen-bond acceptors (Lipinski definition) is 3. The molecule has 2 heterocycles. The third kappa shape index (κ3) is 2.58. The van der Waals surface area contributed by atoms with E-state index < -0.39 is 0 Å². The average molecular weight is 266 g/mol. The molecule has 2 aromatic heterocycles. The second-order valence-electron chi connectivity index (χ2n) is 5.05. The van der Waals surface area contributed by atoms with Crippen LogP contribution in [0.4, 0.5) is 0 Å². The van der Waals surface area contributed by atoms with Gasteiger partial charge in [0.05, 0.1) is 11.7 Å². The van der Waals surface area contributed by atoms with E-state index in [-0.39, 0.29) is 12.1 Å². The van der Waals surface area contributed by atoms with E-state index in [0.717, 1.165) is 22.4 Å². The van der Waals surface area contributed by atoms with E-state index in [9.17, 15) is 0 Å². The molecule has 0 bridgehead atoms. The molecule has 3 nitrogen and oxygen atoms in total. The van der Waals surface area contributed by atoms with Crippen molar-refractivity contribution in [3.8, 4) is 0 Å². The molecule has 0 aliphatic rings. The number of benzene rings is 1. The van der Waals surface area contributed by atoms with Crippen LogP contribution in [0.1, 0.15) is 37.4 Å². The molecular formula is C17H18N2O. The number of fused-ring (bicyclic) bond motifs is 1. The largest absolute Gasteiger partial charge is 0.459 e. The Morgan fingerprint density at radius 1 is 1.00 bits per heavy atom. The van der Waals surface area contributed by atoms with Crippen molar-refractivity contribution in [3.63, 3.8) is 0 Å². The van der Waals surface area contributed by atoms with E-state index >= 15 is 0 Å². The Morgan fingerprint density at radius 2 is 1.80 bits per heavy atom. The molecule has 0 saturated heterocycles. The maximum Gasteiger partial charge on any atom is 0.134 e. The summed E-state index contributed by atoms with van der Waals surface area (Å²) in [6, 6.07) is 16.5. The zero-order valence-corrected chi connectivity index (χ0v) is 11.7. The van der Waals surface area contributed by atoms with E-state index in [2.05, 4.69) is 36.3 Å². The van der Waals surface area contributed by atoms with E-state index in [1.54, 1.807) is 0 Å². The van der Waals surface area contributed by atoms with Crippen molar-refractivity contribution in [3.05, 3.63) is 66.2 Å². The molecule has 3 rings (SSSR count). The predicted molar refractivity (Wildman–Crippen MR) is 80.4 cm³/mol. The molecule has 3 aromatic rings. The molecule has 1 aromatic carbocycles. The lowest BCUT2D eigenvalue weighted by atomic mass is 10.1. The van der Waals surface area contributed by atoms with Gasteiger partial charge < -0.3 is 4.42 Å². The van der Waals surface area contributed by atoms with Gasteiger partial charge in [-0.1, -0.05) is 24.3 Å². The molecule has 2 atom stereocenters. The SMILES string of the molecule is CC(N[C@@H](C)c1ccccn1)c1cc2ccccc2o1. The zero-order valence-electron chi connectivity index (χ0n) is 11.7. The lowest BCUT2D eigenvalue weighted by molar-refractivity contribution is 0.413. The van der Waals surface area contributed by atoms with E-state index in [0.29, 0.717) is 0 Å². The standard InChI is InChI=1S/C17H18N2O/c1-12(15-8-5-6-10-18-15)19-13(2)17-11-14-7-3-4-9-16(14)20-17/h3-13,19H,1-2H3/t12-,13?/m0/s1. The Morgan fingerprint density at radius 3 is 2.55 bits per heavy atom. The van der Waals surface area contributed by atoms with Crippen LogP contribution in [-0.2, 0) is 0 Å². The predicted octanol–water partition coefficient (Wildman–Crippen LogP) is 4.24. The van der Waals surface area contributed by atoms with Crippen molar-refractivity contribution in [2.24, 2.45) is 0 Å². The Bertz CT molecular complexity index is 657. The van der Waals surface area contributed by atoms with Gasteiger partial charge in [-0.3, -0.25) is 10.3 Å². The van der Waals surface area contributed by atoms with Crippen molar-refractivity contribution in [2.75, 3.05) is 0 Å². The highest BCUT2D eigenvalue weighted by atomic mass is 16.3. The normalized spacial score (nSPS) is 14.3. The number of nitrogens with one attached hydrogen (secondary N) is 1. The topological polar surface area (TPSA) is 38.1 Å². The van der Waals surface area contributed by atoms with Crippen LogP contribution in [-0.4, -0.2) is 4.98 Å². The molecule has 0 spiro atoms. The number of rotatable bonds is 4. The third-order valence-electron chi connectivity index (χ3n) is 3.50. The summed E-state index contributed by atoms with van der Waals surface area (Å²) in [5.74, 6) is 0.953. The summed E-state index contributed by atoms with van der Waals surface area (Å²) in [6.07, 6.45) is 1.82. The maximum atomic E-state index is 5.88. The first kappa shape index (κ1) is 12.9. The van der Waals surface area contributed by atoms with Gasteiger partial charge in [-0.25, -0.2) is 0 Å². The second-order valence-corrected chi connectivity index (χ2v) is 5.05.